The molecular formula is C16H19FN2O4S. The number of nitriles is 1. The van der Waals surface area contributed by atoms with Crippen LogP contribution in [0, 0.1) is 11.3 Å². The molecule has 0 atom stereocenters. The average molecular weight is 354 g/mol. The van der Waals surface area contributed by atoms with Gasteiger partial charge >= 0.3 is 10.2 Å². The van der Waals surface area contributed by atoms with E-state index in [4.69, 9.17) is 10.00 Å². The summed E-state index contributed by atoms with van der Waals surface area (Å²) in [6.45, 7) is 4.63. The minimum Gasteiger partial charge on any atom is -0.379 e. The second-order valence-corrected chi connectivity index (χ2v) is 6.56. The van der Waals surface area contributed by atoms with Gasteiger partial charge in [0.15, 0.2) is 0 Å². The van der Waals surface area contributed by atoms with E-state index in [1.165, 1.54) is 18.2 Å². The van der Waals surface area contributed by atoms with Gasteiger partial charge in [-0.1, -0.05) is 12.1 Å². The Morgan fingerprint density at radius 2 is 2.17 bits per heavy atom. The molecule has 0 radical (unpaired) electrons. The molecule has 8 heteroatoms. The monoisotopic (exact) mass is 354 g/mol. The molecule has 130 valence electrons. The number of halogens is 1. The second-order valence-electron chi connectivity index (χ2n) is 5.21. The van der Waals surface area contributed by atoms with E-state index < -0.39 is 21.0 Å². The van der Waals surface area contributed by atoms with Crippen molar-refractivity contribution >= 4 is 22.2 Å². The largest absolute Gasteiger partial charge is 0.379 e. The van der Waals surface area contributed by atoms with Crippen molar-refractivity contribution in [1.82, 2.24) is 5.32 Å². The molecule has 0 aliphatic heterocycles. The molecule has 1 rings (SSSR count). The zero-order chi connectivity index (χ0) is 18.2. The van der Waals surface area contributed by atoms with Crippen LogP contribution in [0.4, 0.5) is 3.89 Å². The van der Waals surface area contributed by atoms with Gasteiger partial charge < -0.3 is 10.1 Å². The Hall–Kier alpha value is -2.24. The Morgan fingerprint density at radius 3 is 2.75 bits per heavy atom. The molecule has 0 aromatic heterocycles. The maximum absolute atomic E-state index is 13.0. The second kappa shape index (κ2) is 9.15. The third kappa shape index (κ3) is 6.89. The summed E-state index contributed by atoms with van der Waals surface area (Å²) in [5.41, 5.74) is 0.0387. The van der Waals surface area contributed by atoms with Gasteiger partial charge in [-0.15, -0.1) is 3.89 Å². The molecule has 1 N–H and O–H groups in total. The van der Waals surface area contributed by atoms with Crippen LogP contribution in [0.1, 0.15) is 25.8 Å². The highest BCUT2D eigenvalue weighted by molar-refractivity contribution is 7.86. The standard InChI is InChI=1S/C16H19FN2O4S/c1-12(2)23-8-4-7-19-16(20)14(11-18)9-13-5-3-6-15(10-13)24(17,21)22/h3,5-6,9-10,12H,4,7-8H2,1-2H3,(H,19,20)/b14-9+. The maximum Gasteiger partial charge on any atom is 0.332 e. The fourth-order valence-electron chi connectivity index (χ4n) is 1.76. The minimum atomic E-state index is -4.84. The number of hydrogen-bond donors (Lipinski definition) is 1. The lowest BCUT2D eigenvalue weighted by Crippen LogP contribution is -2.26. The van der Waals surface area contributed by atoms with Gasteiger partial charge in [-0.25, -0.2) is 0 Å². The Labute approximate surface area is 141 Å². The molecule has 0 heterocycles. The predicted octanol–water partition coefficient (Wildman–Crippen LogP) is 2.18. The van der Waals surface area contributed by atoms with Gasteiger partial charge in [0.1, 0.15) is 11.6 Å². The summed E-state index contributed by atoms with van der Waals surface area (Å²) in [6.07, 6.45) is 1.90. The highest BCUT2D eigenvalue weighted by Crippen LogP contribution is 2.16. The molecule has 0 saturated carbocycles. The lowest BCUT2D eigenvalue weighted by atomic mass is 10.1. The Morgan fingerprint density at radius 1 is 1.46 bits per heavy atom. The van der Waals surface area contributed by atoms with Crippen LogP contribution >= 0.6 is 0 Å². The first-order chi connectivity index (χ1) is 11.2. The summed E-state index contributed by atoms with van der Waals surface area (Å²) in [6, 6.07) is 6.68. The first-order valence-electron chi connectivity index (χ1n) is 7.30. The van der Waals surface area contributed by atoms with Crippen molar-refractivity contribution < 1.29 is 21.8 Å². The molecule has 1 amide bonds. The lowest BCUT2D eigenvalue weighted by Gasteiger charge is -2.08. The van der Waals surface area contributed by atoms with Gasteiger partial charge in [-0.3, -0.25) is 4.79 Å². The van der Waals surface area contributed by atoms with Crippen molar-refractivity contribution in [2.75, 3.05) is 13.2 Å². The number of carbonyl (C=O) groups is 1. The van der Waals surface area contributed by atoms with E-state index in [0.717, 1.165) is 12.1 Å². The number of hydrogen-bond acceptors (Lipinski definition) is 5. The maximum atomic E-state index is 13.0. The topological polar surface area (TPSA) is 96.3 Å². The summed E-state index contributed by atoms with van der Waals surface area (Å²) >= 11 is 0. The summed E-state index contributed by atoms with van der Waals surface area (Å²) in [5.74, 6) is -0.587. The van der Waals surface area contributed by atoms with Gasteiger partial charge in [0.25, 0.3) is 5.91 Å². The van der Waals surface area contributed by atoms with Gasteiger partial charge in [0.05, 0.1) is 11.0 Å². The molecule has 1 aromatic carbocycles. The number of nitrogens with one attached hydrogen (secondary N) is 1. The van der Waals surface area contributed by atoms with Gasteiger partial charge in [-0.2, -0.15) is 13.7 Å². The zero-order valence-corrected chi connectivity index (χ0v) is 14.3. The fourth-order valence-corrected chi connectivity index (χ4v) is 2.28. The Bertz CT molecular complexity index is 752. The number of nitrogens with zero attached hydrogens (tertiary/aromatic N) is 1. The zero-order valence-electron chi connectivity index (χ0n) is 13.5. The van der Waals surface area contributed by atoms with Crippen molar-refractivity contribution in [3.05, 3.63) is 35.4 Å². The molecule has 0 unspecified atom stereocenters. The molecule has 0 spiro atoms. The first-order valence-corrected chi connectivity index (χ1v) is 8.68. The number of amides is 1. The van der Waals surface area contributed by atoms with Crippen LogP contribution in [0.5, 0.6) is 0 Å². The summed E-state index contributed by atoms with van der Waals surface area (Å²) < 4.78 is 40.1. The number of rotatable bonds is 8. The fraction of sp³-hybridized carbons (Fsp3) is 0.375. The third-order valence-electron chi connectivity index (χ3n) is 2.87. The SMILES string of the molecule is CC(C)OCCCNC(=O)/C(C#N)=C/c1cccc(S(=O)(=O)F)c1. The van der Waals surface area contributed by atoms with E-state index >= 15 is 0 Å². The summed E-state index contributed by atoms with van der Waals surface area (Å²) in [7, 11) is -4.84. The minimum absolute atomic E-state index is 0.106. The van der Waals surface area contributed by atoms with Crippen LogP contribution in [0.15, 0.2) is 34.7 Å². The summed E-state index contributed by atoms with van der Waals surface area (Å²) in [5, 5.41) is 11.6. The predicted molar refractivity (Wildman–Crippen MR) is 87.0 cm³/mol. The molecule has 0 aliphatic rings. The molecule has 0 saturated heterocycles. The quantitative estimate of drug-likeness (QED) is 0.334. The van der Waals surface area contributed by atoms with Gasteiger partial charge in [0.2, 0.25) is 0 Å². The molecule has 0 fully saturated rings. The third-order valence-corrected chi connectivity index (χ3v) is 3.69. The molecular weight excluding hydrogens is 335 g/mol. The summed E-state index contributed by atoms with van der Waals surface area (Å²) in [4.78, 5) is 11.4. The highest BCUT2D eigenvalue weighted by Gasteiger charge is 2.13. The Kier molecular flexibility index (Phi) is 7.55. The average Bonchev–Trinajstić information content (AvgIpc) is 2.51. The molecule has 6 nitrogen and oxygen atoms in total. The highest BCUT2D eigenvalue weighted by atomic mass is 32.3. The van der Waals surface area contributed by atoms with Crippen LogP contribution in [0.25, 0.3) is 6.08 Å². The van der Waals surface area contributed by atoms with Gasteiger partial charge in [0, 0.05) is 13.2 Å². The van der Waals surface area contributed by atoms with E-state index in [1.54, 1.807) is 6.07 Å². The first kappa shape index (κ1) is 19.8. The van der Waals surface area contributed by atoms with Crippen molar-refractivity contribution in [3.8, 4) is 6.07 Å². The smallest absolute Gasteiger partial charge is 0.332 e. The van der Waals surface area contributed by atoms with Crippen LogP contribution in [0.3, 0.4) is 0 Å². The van der Waals surface area contributed by atoms with E-state index in [9.17, 15) is 17.1 Å². The van der Waals surface area contributed by atoms with E-state index in [1.807, 2.05) is 13.8 Å². The normalized spacial score (nSPS) is 12.0. The van der Waals surface area contributed by atoms with E-state index in [2.05, 4.69) is 5.32 Å². The van der Waals surface area contributed by atoms with Crippen molar-refractivity contribution in [1.29, 1.82) is 5.26 Å². The Balaban J connectivity index is 2.73. The van der Waals surface area contributed by atoms with E-state index in [-0.39, 0.29) is 17.2 Å². The molecule has 24 heavy (non-hydrogen) atoms. The van der Waals surface area contributed by atoms with Crippen molar-refractivity contribution in [3.63, 3.8) is 0 Å². The van der Waals surface area contributed by atoms with Crippen LogP contribution in [-0.4, -0.2) is 33.6 Å². The number of ether oxygens (including phenoxy) is 1. The molecule has 0 bridgehead atoms. The number of benzene rings is 1. The van der Waals surface area contributed by atoms with Crippen LogP contribution in [0.2, 0.25) is 0 Å². The van der Waals surface area contributed by atoms with Gasteiger partial charge in [-0.05, 0) is 44.0 Å². The lowest BCUT2D eigenvalue weighted by molar-refractivity contribution is -0.117. The van der Waals surface area contributed by atoms with Crippen molar-refractivity contribution in [2.24, 2.45) is 0 Å². The molecule has 0 aliphatic carbocycles. The molecule has 1 aromatic rings. The number of carbonyl (C=O) groups excluding carboxylic acids is 1. The van der Waals surface area contributed by atoms with E-state index in [0.29, 0.717) is 19.6 Å². The van der Waals surface area contributed by atoms with Crippen LogP contribution in [-0.2, 0) is 19.8 Å². The van der Waals surface area contributed by atoms with Crippen LogP contribution < -0.4 is 5.32 Å². The van der Waals surface area contributed by atoms with Crippen molar-refractivity contribution in [2.45, 2.75) is 31.3 Å².